The predicted octanol–water partition coefficient (Wildman–Crippen LogP) is -2.05. The first-order chi connectivity index (χ1) is 8.75. The van der Waals surface area contributed by atoms with E-state index in [1.165, 1.54) is 6.08 Å². The molecule has 0 saturated heterocycles. The third-order valence-corrected chi connectivity index (χ3v) is 2.89. The first-order valence-corrected chi connectivity index (χ1v) is 6.65. The van der Waals surface area contributed by atoms with Crippen LogP contribution in [0.2, 0.25) is 0 Å². The number of hydrogen-bond donors (Lipinski definition) is 5. The third-order valence-electron chi connectivity index (χ3n) is 1.96. The molecule has 0 aliphatic heterocycles. The van der Waals surface area contributed by atoms with Gasteiger partial charge in [-0.15, -0.1) is 6.58 Å². The lowest BCUT2D eigenvalue weighted by Crippen LogP contribution is -2.45. The number of aliphatic hydroxyl groups is 4. The van der Waals surface area contributed by atoms with Crippen molar-refractivity contribution in [3.8, 4) is 0 Å². The van der Waals surface area contributed by atoms with Crippen molar-refractivity contribution in [2.75, 3.05) is 19.8 Å². The van der Waals surface area contributed by atoms with E-state index < -0.39 is 45.1 Å². The van der Waals surface area contributed by atoms with Gasteiger partial charge in [-0.2, -0.15) is 0 Å². The van der Waals surface area contributed by atoms with Gasteiger partial charge in [-0.25, -0.2) is 4.57 Å². The van der Waals surface area contributed by atoms with E-state index in [2.05, 4.69) is 15.6 Å². The highest BCUT2D eigenvalue weighted by molar-refractivity contribution is 7.47. The molecule has 112 valence electrons. The van der Waals surface area contributed by atoms with E-state index in [1.807, 2.05) is 0 Å². The molecule has 0 radical (unpaired) electrons. The highest BCUT2D eigenvalue weighted by Gasteiger charge is 2.31. The van der Waals surface area contributed by atoms with E-state index in [1.54, 1.807) is 0 Å². The van der Waals surface area contributed by atoms with Crippen LogP contribution >= 0.6 is 7.82 Å². The van der Waals surface area contributed by atoms with Crippen LogP contribution in [0.1, 0.15) is 0 Å². The Morgan fingerprint density at radius 1 is 1.32 bits per heavy atom. The number of hydrogen-bond acceptors (Lipinski definition) is 8. The molecule has 0 aromatic rings. The van der Waals surface area contributed by atoms with Crippen molar-refractivity contribution < 1.29 is 43.7 Å². The number of Topliss-reactive ketones (excluding diaryl/α,β-unsaturated/α-hetero) is 1. The molecule has 0 fully saturated rings. The van der Waals surface area contributed by atoms with Gasteiger partial charge in [0.2, 0.25) is 0 Å². The Kier molecular flexibility index (Phi) is 8.23. The molecule has 4 atom stereocenters. The van der Waals surface area contributed by atoms with E-state index in [0.717, 1.165) is 0 Å². The fourth-order valence-electron chi connectivity index (χ4n) is 0.924. The monoisotopic (exact) mass is 300 g/mol. The summed E-state index contributed by atoms with van der Waals surface area (Å²) in [6, 6.07) is 0. The maximum Gasteiger partial charge on any atom is 0.472 e. The Balaban J connectivity index is 4.30. The van der Waals surface area contributed by atoms with Crippen LogP contribution in [-0.2, 0) is 18.4 Å². The lowest BCUT2D eigenvalue weighted by atomic mass is 10.1. The molecular formula is C9H17O9P. The van der Waals surface area contributed by atoms with Gasteiger partial charge in [0.15, 0.2) is 5.78 Å². The largest absolute Gasteiger partial charge is 0.472 e. The molecule has 0 aliphatic carbocycles. The number of aliphatic hydroxyl groups excluding tert-OH is 4. The highest BCUT2D eigenvalue weighted by atomic mass is 31.2. The molecule has 9 nitrogen and oxygen atoms in total. The molecule has 0 saturated carbocycles. The van der Waals surface area contributed by atoms with Crippen molar-refractivity contribution in [3.63, 3.8) is 0 Å². The standard InChI is InChI=1S/C9H17O9P/c1-2-3-17-19(15,16)18-5-7(12)9(14)8(13)6(11)4-10/h2,6,8-11,13-14H,1,3-5H2,(H,15,16)/t6-,8+,9+/m0/s1. The Morgan fingerprint density at radius 2 is 1.89 bits per heavy atom. The zero-order valence-corrected chi connectivity index (χ0v) is 10.8. The average molecular weight is 300 g/mol. The molecule has 0 rings (SSSR count). The van der Waals surface area contributed by atoms with Crippen LogP contribution in [0, 0.1) is 0 Å². The van der Waals surface area contributed by atoms with Crippen molar-refractivity contribution >= 4 is 13.6 Å². The Labute approximate surface area is 109 Å². The number of carbonyl (C=O) groups excluding carboxylic acids is 1. The number of carbonyl (C=O) groups is 1. The number of phosphoric acid groups is 1. The van der Waals surface area contributed by atoms with Crippen molar-refractivity contribution in [1.29, 1.82) is 0 Å². The summed E-state index contributed by atoms with van der Waals surface area (Å²) in [6.07, 6.45) is -4.55. The fraction of sp³-hybridized carbons (Fsp3) is 0.667. The maximum atomic E-state index is 11.3. The Morgan fingerprint density at radius 3 is 2.37 bits per heavy atom. The molecule has 0 aromatic heterocycles. The smallest absolute Gasteiger partial charge is 0.394 e. The van der Waals surface area contributed by atoms with Crippen molar-refractivity contribution in [2.24, 2.45) is 0 Å². The van der Waals surface area contributed by atoms with Crippen LogP contribution < -0.4 is 0 Å². The summed E-state index contributed by atoms with van der Waals surface area (Å²) in [7, 11) is -4.46. The van der Waals surface area contributed by atoms with Gasteiger partial charge in [0, 0.05) is 0 Å². The second-order valence-electron chi connectivity index (χ2n) is 3.48. The van der Waals surface area contributed by atoms with Gasteiger partial charge in [0.05, 0.1) is 13.2 Å². The zero-order valence-electron chi connectivity index (χ0n) is 9.95. The van der Waals surface area contributed by atoms with E-state index in [-0.39, 0.29) is 6.61 Å². The highest BCUT2D eigenvalue weighted by Crippen LogP contribution is 2.42. The van der Waals surface area contributed by atoms with E-state index in [0.29, 0.717) is 0 Å². The Hall–Kier alpha value is -0.640. The van der Waals surface area contributed by atoms with Crippen LogP contribution in [0.4, 0.5) is 0 Å². The molecule has 0 bridgehead atoms. The second-order valence-corrected chi connectivity index (χ2v) is 4.93. The first-order valence-electron chi connectivity index (χ1n) is 5.15. The Bertz CT molecular complexity index is 345. The average Bonchev–Trinajstić information content (AvgIpc) is 2.40. The number of rotatable bonds is 10. The van der Waals surface area contributed by atoms with Gasteiger partial charge in [-0.3, -0.25) is 13.8 Å². The topological polar surface area (TPSA) is 154 Å². The van der Waals surface area contributed by atoms with Crippen LogP contribution in [0.25, 0.3) is 0 Å². The molecule has 0 heterocycles. The normalized spacial score (nSPS) is 19.2. The van der Waals surface area contributed by atoms with E-state index in [9.17, 15) is 19.6 Å². The summed E-state index contributed by atoms with van der Waals surface area (Å²) in [5, 5.41) is 36.0. The molecule has 19 heavy (non-hydrogen) atoms. The summed E-state index contributed by atoms with van der Waals surface area (Å²) in [5.41, 5.74) is 0. The molecular weight excluding hydrogens is 283 g/mol. The minimum Gasteiger partial charge on any atom is -0.394 e. The SMILES string of the molecule is C=CCOP(=O)(O)OCC(=O)[C@@H](O)[C@H](O)[C@@H](O)CO. The molecule has 10 heteroatoms. The predicted molar refractivity (Wildman–Crippen MR) is 62.0 cm³/mol. The van der Waals surface area contributed by atoms with Gasteiger partial charge < -0.3 is 25.3 Å². The van der Waals surface area contributed by atoms with Crippen molar-refractivity contribution in [1.82, 2.24) is 0 Å². The minimum absolute atomic E-state index is 0.281. The lowest BCUT2D eigenvalue weighted by Gasteiger charge is -2.20. The molecule has 0 aliphatic rings. The van der Waals surface area contributed by atoms with Crippen LogP contribution in [0.5, 0.6) is 0 Å². The van der Waals surface area contributed by atoms with Crippen LogP contribution in [-0.4, -0.2) is 69.2 Å². The van der Waals surface area contributed by atoms with Crippen molar-refractivity contribution in [3.05, 3.63) is 12.7 Å². The van der Waals surface area contributed by atoms with E-state index in [4.69, 9.17) is 15.1 Å². The van der Waals surface area contributed by atoms with Gasteiger partial charge in [-0.1, -0.05) is 6.08 Å². The summed E-state index contributed by atoms with van der Waals surface area (Å²) >= 11 is 0. The quantitative estimate of drug-likeness (QED) is 0.226. The molecule has 0 amide bonds. The third kappa shape index (κ3) is 6.90. The molecule has 0 aromatic carbocycles. The zero-order chi connectivity index (χ0) is 15.1. The summed E-state index contributed by atoms with van der Waals surface area (Å²) < 4.78 is 19.7. The van der Waals surface area contributed by atoms with E-state index >= 15 is 0 Å². The van der Waals surface area contributed by atoms with Gasteiger partial charge in [0.25, 0.3) is 0 Å². The lowest BCUT2D eigenvalue weighted by molar-refractivity contribution is -0.142. The van der Waals surface area contributed by atoms with Crippen LogP contribution in [0.15, 0.2) is 12.7 Å². The van der Waals surface area contributed by atoms with Crippen molar-refractivity contribution in [2.45, 2.75) is 18.3 Å². The van der Waals surface area contributed by atoms with Gasteiger partial charge >= 0.3 is 7.82 Å². The minimum atomic E-state index is -4.46. The summed E-state index contributed by atoms with van der Waals surface area (Å²) in [6.45, 7) is 1.07. The van der Waals surface area contributed by atoms with Crippen LogP contribution in [0.3, 0.4) is 0 Å². The first kappa shape index (κ1) is 18.4. The molecule has 0 spiro atoms. The maximum absolute atomic E-state index is 11.3. The summed E-state index contributed by atoms with van der Waals surface area (Å²) in [5.74, 6) is -1.16. The molecule has 5 N–H and O–H groups in total. The van der Waals surface area contributed by atoms with Gasteiger partial charge in [-0.05, 0) is 0 Å². The second kappa shape index (κ2) is 8.51. The number of ketones is 1. The number of phosphoric ester groups is 1. The fourth-order valence-corrected chi connectivity index (χ4v) is 1.58. The summed E-state index contributed by atoms with van der Waals surface area (Å²) in [4.78, 5) is 20.3. The van der Waals surface area contributed by atoms with Gasteiger partial charge in [0.1, 0.15) is 24.9 Å². The molecule has 1 unspecified atom stereocenters.